The third-order valence-electron chi connectivity index (χ3n) is 2.50. The minimum absolute atomic E-state index is 0.396. The molecule has 0 bridgehead atoms. The standard InChI is InChI=1S/C11H22N2O3S/c1-4-6-11(2,12)10(16)13-8(9(14)15)5-7-17-3/h8H,4-7,12H2,1-3H3,(H,13,16)(H,14,15)/t8-,11?/m1/s1. The summed E-state index contributed by atoms with van der Waals surface area (Å²) in [5.41, 5.74) is 4.84. The second-order valence-corrected chi connectivity index (χ2v) is 5.30. The fourth-order valence-corrected chi connectivity index (χ4v) is 1.92. The number of carbonyl (C=O) groups excluding carboxylic acids is 1. The van der Waals surface area contributed by atoms with Gasteiger partial charge in [-0.1, -0.05) is 13.3 Å². The summed E-state index contributed by atoms with van der Waals surface area (Å²) in [6.45, 7) is 3.56. The van der Waals surface area contributed by atoms with Gasteiger partial charge in [-0.15, -0.1) is 0 Å². The maximum absolute atomic E-state index is 11.8. The molecule has 0 radical (unpaired) electrons. The highest BCUT2D eigenvalue weighted by Gasteiger charge is 2.30. The van der Waals surface area contributed by atoms with Crippen LogP contribution in [0.2, 0.25) is 0 Å². The van der Waals surface area contributed by atoms with Crippen LogP contribution in [0, 0.1) is 0 Å². The first-order valence-corrected chi connectivity index (χ1v) is 7.06. The van der Waals surface area contributed by atoms with Crippen molar-refractivity contribution in [3.05, 3.63) is 0 Å². The van der Waals surface area contributed by atoms with Gasteiger partial charge in [0.1, 0.15) is 6.04 Å². The average Bonchev–Trinajstić information content (AvgIpc) is 2.23. The maximum atomic E-state index is 11.8. The van der Waals surface area contributed by atoms with Crippen LogP contribution in [0.5, 0.6) is 0 Å². The monoisotopic (exact) mass is 262 g/mol. The van der Waals surface area contributed by atoms with Crippen LogP contribution in [0.15, 0.2) is 0 Å². The Morgan fingerprint density at radius 2 is 2.12 bits per heavy atom. The summed E-state index contributed by atoms with van der Waals surface area (Å²) >= 11 is 1.55. The largest absolute Gasteiger partial charge is 0.480 e. The van der Waals surface area contributed by atoms with Crippen molar-refractivity contribution < 1.29 is 14.7 Å². The molecule has 0 rings (SSSR count). The van der Waals surface area contributed by atoms with E-state index in [-0.39, 0.29) is 0 Å². The lowest BCUT2D eigenvalue weighted by molar-refractivity contribution is -0.142. The molecule has 0 spiro atoms. The Morgan fingerprint density at radius 1 is 1.53 bits per heavy atom. The number of carboxylic acid groups (broad SMARTS) is 1. The van der Waals surface area contributed by atoms with Gasteiger partial charge in [0.05, 0.1) is 5.54 Å². The van der Waals surface area contributed by atoms with E-state index in [1.165, 1.54) is 0 Å². The Bertz CT molecular complexity index is 269. The van der Waals surface area contributed by atoms with Crippen molar-refractivity contribution in [1.82, 2.24) is 5.32 Å². The molecule has 4 N–H and O–H groups in total. The van der Waals surface area contributed by atoms with E-state index in [0.29, 0.717) is 18.6 Å². The number of rotatable bonds is 8. The third-order valence-corrected chi connectivity index (χ3v) is 3.15. The van der Waals surface area contributed by atoms with Gasteiger partial charge in [-0.05, 0) is 31.8 Å². The van der Waals surface area contributed by atoms with Gasteiger partial charge in [0, 0.05) is 0 Å². The first-order chi connectivity index (χ1) is 7.85. The van der Waals surface area contributed by atoms with Gasteiger partial charge in [0.25, 0.3) is 0 Å². The van der Waals surface area contributed by atoms with E-state index in [2.05, 4.69) is 5.32 Å². The molecule has 0 aromatic rings. The van der Waals surface area contributed by atoms with Crippen LogP contribution in [0.25, 0.3) is 0 Å². The maximum Gasteiger partial charge on any atom is 0.326 e. The molecule has 6 heteroatoms. The number of thioether (sulfide) groups is 1. The van der Waals surface area contributed by atoms with Crippen molar-refractivity contribution >= 4 is 23.6 Å². The van der Waals surface area contributed by atoms with Gasteiger partial charge >= 0.3 is 5.97 Å². The molecule has 5 nitrogen and oxygen atoms in total. The summed E-state index contributed by atoms with van der Waals surface area (Å²) in [6.07, 6.45) is 3.62. The van der Waals surface area contributed by atoms with E-state index in [1.807, 2.05) is 13.2 Å². The van der Waals surface area contributed by atoms with E-state index in [1.54, 1.807) is 18.7 Å². The van der Waals surface area contributed by atoms with Crippen molar-refractivity contribution in [1.29, 1.82) is 0 Å². The number of hydrogen-bond acceptors (Lipinski definition) is 4. The number of nitrogens with two attached hydrogens (primary N) is 1. The van der Waals surface area contributed by atoms with Crippen molar-refractivity contribution in [3.63, 3.8) is 0 Å². The van der Waals surface area contributed by atoms with Crippen molar-refractivity contribution in [3.8, 4) is 0 Å². The lowest BCUT2D eigenvalue weighted by Gasteiger charge is -2.25. The van der Waals surface area contributed by atoms with Crippen LogP contribution in [0.3, 0.4) is 0 Å². The molecule has 0 aromatic carbocycles. The fourth-order valence-electron chi connectivity index (χ4n) is 1.45. The number of aliphatic carboxylic acids is 1. The van der Waals surface area contributed by atoms with E-state index >= 15 is 0 Å². The Kier molecular flexibility index (Phi) is 7.22. The molecule has 0 fully saturated rings. The van der Waals surface area contributed by atoms with Gasteiger partial charge in [-0.3, -0.25) is 4.79 Å². The molecule has 1 unspecified atom stereocenters. The topological polar surface area (TPSA) is 92.4 Å². The average molecular weight is 262 g/mol. The van der Waals surface area contributed by atoms with E-state index < -0.39 is 23.5 Å². The van der Waals surface area contributed by atoms with E-state index in [4.69, 9.17) is 10.8 Å². The van der Waals surface area contributed by atoms with Gasteiger partial charge < -0.3 is 16.2 Å². The van der Waals surface area contributed by atoms with Gasteiger partial charge in [-0.25, -0.2) is 4.79 Å². The van der Waals surface area contributed by atoms with Crippen molar-refractivity contribution in [2.45, 2.75) is 44.7 Å². The minimum atomic E-state index is -1.01. The molecule has 1 amide bonds. The van der Waals surface area contributed by atoms with Crippen LogP contribution < -0.4 is 11.1 Å². The van der Waals surface area contributed by atoms with Crippen LogP contribution >= 0.6 is 11.8 Å². The first-order valence-electron chi connectivity index (χ1n) is 5.66. The first kappa shape index (κ1) is 16.2. The quantitative estimate of drug-likeness (QED) is 0.602. The molecule has 0 saturated carbocycles. The van der Waals surface area contributed by atoms with Crippen LogP contribution in [0.4, 0.5) is 0 Å². The summed E-state index contributed by atoms with van der Waals surface area (Å²) in [5.74, 6) is -0.723. The van der Waals surface area contributed by atoms with Gasteiger partial charge in [0.2, 0.25) is 5.91 Å². The number of nitrogens with one attached hydrogen (secondary N) is 1. The highest BCUT2D eigenvalue weighted by atomic mass is 32.2. The molecular weight excluding hydrogens is 240 g/mol. The summed E-state index contributed by atoms with van der Waals surface area (Å²) in [7, 11) is 0. The fraction of sp³-hybridized carbons (Fsp3) is 0.818. The summed E-state index contributed by atoms with van der Waals surface area (Å²) in [4.78, 5) is 22.8. The molecule has 100 valence electrons. The number of carboxylic acids is 1. The summed E-state index contributed by atoms with van der Waals surface area (Å²) in [5, 5.41) is 11.5. The number of amides is 1. The molecule has 0 aliphatic heterocycles. The van der Waals surface area contributed by atoms with Crippen LogP contribution in [0.1, 0.15) is 33.1 Å². The smallest absolute Gasteiger partial charge is 0.326 e. The molecule has 0 heterocycles. The van der Waals surface area contributed by atoms with E-state index in [0.717, 1.165) is 6.42 Å². The highest BCUT2D eigenvalue weighted by Crippen LogP contribution is 2.10. The summed E-state index contributed by atoms with van der Waals surface area (Å²) < 4.78 is 0. The zero-order valence-corrected chi connectivity index (χ0v) is 11.5. The Hall–Kier alpha value is -0.750. The predicted octanol–water partition coefficient (Wildman–Crippen LogP) is 0.826. The Balaban J connectivity index is 4.44. The van der Waals surface area contributed by atoms with Crippen LogP contribution in [-0.4, -0.2) is 40.6 Å². The highest BCUT2D eigenvalue weighted by molar-refractivity contribution is 7.98. The van der Waals surface area contributed by atoms with Gasteiger partial charge in [-0.2, -0.15) is 11.8 Å². The molecule has 0 aliphatic rings. The zero-order chi connectivity index (χ0) is 13.5. The Labute approximate surface area is 107 Å². The molecule has 0 aromatic heterocycles. The van der Waals surface area contributed by atoms with Gasteiger partial charge in [0.15, 0.2) is 0 Å². The van der Waals surface area contributed by atoms with E-state index in [9.17, 15) is 9.59 Å². The van der Waals surface area contributed by atoms with Crippen molar-refractivity contribution in [2.24, 2.45) is 5.73 Å². The Morgan fingerprint density at radius 3 is 2.53 bits per heavy atom. The molecule has 0 aliphatic carbocycles. The molecular formula is C11H22N2O3S. The van der Waals surface area contributed by atoms with Crippen LogP contribution in [-0.2, 0) is 9.59 Å². The molecule has 17 heavy (non-hydrogen) atoms. The summed E-state index contributed by atoms with van der Waals surface area (Å²) in [6, 6.07) is -0.852. The lowest BCUT2D eigenvalue weighted by Crippen LogP contribution is -2.55. The zero-order valence-electron chi connectivity index (χ0n) is 10.7. The third kappa shape index (κ3) is 5.93. The number of hydrogen-bond donors (Lipinski definition) is 3. The normalized spacial score (nSPS) is 16.0. The molecule has 2 atom stereocenters. The number of carbonyl (C=O) groups is 2. The predicted molar refractivity (Wildman–Crippen MR) is 70.1 cm³/mol. The van der Waals surface area contributed by atoms with Crippen molar-refractivity contribution in [2.75, 3.05) is 12.0 Å². The minimum Gasteiger partial charge on any atom is -0.480 e. The lowest BCUT2D eigenvalue weighted by atomic mass is 9.96. The second kappa shape index (κ2) is 7.55. The molecule has 0 saturated heterocycles. The second-order valence-electron chi connectivity index (χ2n) is 4.31. The SMILES string of the molecule is CCCC(C)(N)C(=O)N[C@H](CCSC)C(=O)O.